The van der Waals surface area contributed by atoms with E-state index < -0.39 is 18.1 Å². The fourth-order valence-corrected chi connectivity index (χ4v) is 3.15. The predicted molar refractivity (Wildman–Crippen MR) is 75.5 cm³/mol. The summed E-state index contributed by atoms with van der Waals surface area (Å²) in [6.07, 6.45) is -0.633. The van der Waals surface area contributed by atoms with Crippen molar-refractivity contribution in [3.05, 3.63) is 30.1 Å². The van der Waals surface area contributed by atoms with E-state index in [4.69, 9.17) is 5.11 Å². The first-order chi connectivity index (χ1) is 9.99. The number of carbonyl (C=O) groups excluding carboxylic acids is 1. The molecular weight excluding hydrogens is 297 g/mol. The molecule has 1 heterocycles. The zero-order valence-electron chi connectivity index (χ0n) is 11.2. The minimum Gasteiger partial charge on any atom is -0.480 e. The van der Waals surface area contributed by atoms with Crippen molar-refractivity contribution >= 4 is 23.6 Å². The lowest BCUT2D eigenvalue weighted by Gasteiger charge is -2.21. The van der Waals surface area contributed by atoms with E-state index in [-0.39, 0.29) is 31.1 Å². The maximum atomic E-state index is 13.4. The van der Waals surface area contributed by atoms with Crippen molar-refractivity contribution in [3.8, 4) is 0 Å². The maximum Gasteiger partial charge on any atom is 0.326 e. The van der Waals surface area contributed by atoms with E-state index in [0.717, 1.165) is 0 Å². The number of nitrogens with zero attached hydrogens (tertiary/aromatic N) is 1. The molecule has 5 nitrogen and oxygen atoms in total. The normalized spacial score (nSPS) is 21.5. The van der Waals surface area contributed by atoms with Gasteiger partial charge in [0.2, 0.25) is 5.91 Å². The Morgan fingerprint density at radius 1 is 1.38 bits per heavy atom. The molecule has 1 fully saturated rings. The van der Waals surface area contributed by atoms with E-state index >= 15 is 0 Å². The topological polar surface area (TPSA) is 77.8 Å². The third kappa shape index (κ3) is 3.95. The van der Waals surface area contributed by atoms with Crippen molar-refractivity contribution in [1.82, 2.24) is 4.90 Å². The highest BCUT2D eigenvalue weighted by atomic mass is 32.2. The summed E-state index contributed by atoms with van der Waals surface area (Å²) >= 11 is 1.21. The molecule has 114 valence electrons. The number of aliphatic carboxylic acids is 1. The van der Waals surface area contributed by atoms with Crippen LogP contribution in [0, 0.1) is 5.82 Å². The second kappa shape index (κ2) is 6.91. The number of β-amino-alcohol motifs (C(OH)–C–C–N with tert-alkyl or cyclic N) is 1. The SMILES string of the molecule is O=C(O)[C@@H]1C[C@@H](O)CN1C(=O)CCSc1ccccc1F. The molecule has 0 radical (unpaired) electrons. The van der Waals surface area contributed by atoms with Gasteiger partial charge in [-0.25, -0.2) is 9.18 Å². The monoisotopic (exact) mass is 313 g/mol. The number of hydrogen-bond donors (Lipinski definition) is 2. The number of benzene rings is 1. The third-order valence-electron chi connectivity index (χ3n) is 3.29. The van der Waals surface area contributed by atoms with Crippen LogP contribution >= 0.6 is 11.8 Å². The fourth-order valence-electron chi connectivity index (χ4n) is 2.28. The minimum absolute atomic E-state index is 0.0418. The van der Waals surface area contributed by atoms with Crippen LogP contribution in [0.15, 0.2) is 29.2 Å². The molecule has 0 unspecified atom stereocenters. The average molecular weight is 313 g/mol. The van der Waals surface area contributed by atoms with Crippen molar-refractivity contribution in [1.29, 1.82) is 0 Å². The van der Waals surface area contributed by atoms with E-state index in [0.29, 0.717) is 10.6 Å². The van der Waals surface area contributed by atoms with Crippen LogP contribution in [-0.4, -0.2) is 51.4 Å². The zero-order valence-corrected chi connectivity index (χ0v) is 12.1. The summed E-state index contributed by atoms with van der Waals surface area (Å²) in [4.78, 5) is 24.7. The summed E-state index contributed by atoms with van der Waals surface area (Å²) in [7, 11) is 0. The first-order valence-corrected chi connectivity index (χ1v) is 7.55. The van der Waals surface area contributed by atoms with Gasteiger partial charge < -0.3 is 15.1 Å². The number of amides is 1. The Hall–Kier alpha value is -1.60. The lowest BCUT2D eigenvalue weighted by Crippen LogP contribution is -2.40. The molecule has 1 aromatic rings. The highest BCUT2D eigenvalue weighted by Crippen LogP contribution is 2.24. The van der Waals surface area contributed by atoms with Crippen LogP contribution in [0.25, 0.3) is 0 Å². The molecule has 0 aromatic heterocycles. The highest BCUT2D eigenvalue weighted by molar-refractivity contribution is 7.99. The van der Waals surface area contributed by atoms with E-state index in [1.807, 2.05) is 0 Å². The van der Waals surface area contributed by atoms with Crippen molar-refractivity contribution in [2.24, 2.45) is 0 Å². The third-order valence-corrected chi connectivity index (χ3v) is 4.34. The summed E-state index contributed by atoms with van der Waals surface area (Å²) in [5, 5.41) is 18.5. The number of thioether (sulfide) groups is 1. The molecular formula is C14H16FNO4S. The van der Waals surface area contributed by atoms with Crippen LogP contribution < -0.4 is 0 Å². The molecule has 0 saturated carbocycles. The van der Waals surface area contributed by atoms with E-state index in [1.54, 1.807) is 18.2 Å². The number of aliphatic hydroxyl groups excluding tert-OH is 1. The smallest absolute Gasteiger partial charge is 0.326 e. The Morgan fingerprint density at radius 2 is 2.10 bits per heavy atom. The second-order valence-corrected chi connectivity index (χ2v) is 5.96. The van der Waals surface area contributed by atoms with Gasteiger partial charge >= 0.3 is 5.97 Å². The van der Waals surface area contributed by atoms with Gasteiger partial charge in [0, 0.05) is 30.0 Å². The van der Waals surface area contributed by atoms with Gasteiger partial charge in [0.05, 0.1) is 6.10 Å². The van der Waals surface area contributed by atoms with Gasteiger partial charge in [-0.3, -0.25) is 4.79 Å². The molecule has 2 N–H and O–H groups in total. The number of aliphatic hydroxyl groups is 1. The lowest BCUT2D eigenvalue weighted by atomic mass is 10.2. The molecule has 1 saturated heterocycles. The van der Waals surface area contributed by atoms with E-state index in [1.165, 1.54) is 22.7 Å². The lowest BCUT2D eigenvalue weighted by molar-refractivity contribution is -0.148. The summed E-state index contributed by atoms with van der Waals surface area (Å²) in [5.41, 5.74) is 0. The summed E-state index contributed by atoms with van der Waals surface area (Å²) in [6.45, 7) is 0.0418. The summed E-state index contributed by atoms with van der Waals surface area (Å²) < 4.78 is 13.4. The van der Waals surface area contributed by atoms with Crippen LogP contribution in [0.3, 0.4) is 0 Å². The Labute approximate surface area is 125 Å². The van der Waals surface area contributed by atoms with Crippen LogP contribution in [0.5, 0.6) is 0 Å². The van der Waals surface area contributed by atoms with Crippen molar-refractivity contribution in [2.45, 2.75) is 29.9 Å². The van der Waals surface area contributed by atoms with Gasteiger partial charge in [-0.15, -0.1) is 11.8 Å². The number of carboxylic acids is 1. The van der Waals surface area contributed by atoms with Gasteiger partial charge in [-0.05, 0) is 12.1 Å². The van der Waals surface area contributed by atoms with Gasteiger partial charge in [-0.2, -0.15) is 0 Å². The maximum absolute atomic E-state index is 13.4. The van der Waals surface area contributed by atoms with Gasteiger partial charge in [-0.1, -0.05) is 12.1 Å². The molecule has 1 amide bonds. The molecule has 21 heavy (non-hydrogen) atoms. The van der Waals surface area contributed by atoms with Crippen molar-refractivity contribution in [3.63, 3.8) is 0 Å². The summed E-state index contributed by atoms with van der Waals surface area (Å²) in [5.74, 6) is -1.42. The molecule has 2 atom stereocenters. The number of carbonyl (C=O) groups is 2. The van der Waals surface area contributed by atoms with Crippen LogP contribution in [0.4, 0.5) is 4.39 Å². The first kappa shape index (κ1) is 15.8. The van der Waals surface area contributed by atoms with Crippen molar-refractivity contribution in [2.75, 3.05) is 12.3 Å². The van der Waals surface area contributed by atoms with Gasteiger partial charge in [0.15, 0.2) is 0 Å². The van der Waals surface area contributed by atoms with Gasteiger partial charge in [0.25, 0.3) is 0 Å². The Kier molecular flexibility index (Phi) is 5.19. The molecule has 1 aliphatic rings. The number of carboxylic acid groups (broad SMARTS) is 1. The molecule has 2 rings (SSSR count). The van der Waals surface area contributed by atoms with Crippen LogP contribution in [-0.2, 0) is 9.59 Å². The standard InChI is InChI=1S/C14H16FNO4S/c15-10-3-1-2-4-12(10)21-6-5-13(18)16-8-9(17)7-11(16)14(19)20/h1-4,9,11,17H,5-8H2,(H,19,20)/t9-,11+/m1/s1. The Bertz CT molecular complexity index is 539. The largest absolute Gasteiger partial charge is 0.480 e. The zero-order chi connectivity index (χ0) is 15.4. The quantitative estimate of drug-likeness (QED) is 0.803. The predicted octanol–water partition coefficient (Wildman–Crippen LogP) is 1.35. The van der Waals surface area contributed by atoms with E-state index in [2.05, 4.69) is 0 Å². The average Bonchev–Trinajstić information content (AvgIpc) is 2.83. The highest BCUT2D eigenvalue weighted by Gasteiger charge is 2.38. The Morgan fingerprint density at radius 3 is 2.76 bits per heavy atom. The molecule has 1 aliphatic heterocycles. The first-order valence-electron chi connectivity index (χ1n) is 6.56. The van der Waals surface area contributed by atoms with Crippen LogP contribution in [0.2, 0.25) is 0 Å². The second-order valence-electron chi connectivity index (χ2n) is 4.82. The molecule has 0 aliphatic carbocycles. The van der Waals surface area contributed by atoms with Crippen molar-refractivity contribution < 1.29 is 24.2 Å². The molecule has 1 aromatic carbocycles. The molecule has 0 spiro atoms. The number of halogens is 1. The Balaban J connectivity index is 1.87. The number of likely N-dealkylation sites (tertiary alicyclic amines) is 1. The number of rotatable bonds is 5. The minimum atomic E-state index is -1.11. The summed E-state index contributed by atoms with van der Waals surface area (Å²) in [6, 6.07) is 5.31. The fraction of sp³-hybridized carbons (Fsp3) is 0.429. The van der Waals surface area contributed by atoms with Gasteiger partial charge in [0.1, 0.15) is 11.9 Å². The molecule has 7 heteroatoms. The van der Waals surface area contributed by atoms with Crippen LogP contribution in [0.1, 0.15) is 12.8 Å². The van der Waals surface area contributed by atoms with E-state index in [9.17, 15) is 19.1 Å². The molecule has 0 bridgehead atoms. The number of hydrogen-bond acceptors (Lipinski definition) is 4.